The van der Waals surface area contributed by atoms with Crippen molar-refractivity contribution in [3.63, 3.8) is 0 Å². The molecular formula is C22H27N3O2. The topological polar surface area (TPSA) is 67.6 Å². The Hall–Kier alpha value is -2.34. The zero-order valence-corrected chi connectivity index (χ0v) is 16.1. The van der Waals surface area contributed by atoms with Gasteiger partial charge in [-0.2, -0.15) is 5.26 Å². The summed E-state index contributed by atoms with van der Waals surface area (Å²) in [6.45, 7) is 0.0857. The van der Waals surface area contributed by atoms with Crippen LogP contribution >= 0.6 is 0 Å². The van der Waals surface area contributed by atoms with Gasteiger partial charge in [-0.05, 0) is 44.6 Å². The van der Waals surface area contributed by atoms with Crippen molar-refractivity contribution in [3.8, 4) is 17.9 Å². The SMILES string of the molecule is CN(C)CC(=O)N1[C@H](CO)[C@@H](c2ccc(C#CC3CCCC3)cc2)[C@@H]1C#N. The van der Waals surface area contributed by atoms with Gasteiger partial charge in [-0.15, -0.1) is 0 Å². The van der Waals surface area contributed by atoms with E-state index in [0.29, 0.717) is 5.92 Å². The van der Waals surface area contributed by atoms with Crippen LogP contribution in [0.15, 0.2) is 24.3 Å². The lowest BCUT2D eigenvalue weighted by molar-refractivity contribution is -0.147. The van der Waals surface area contributed by atoms with Crippen molar-refractivity contribution in [2.24, 2.45) is 5.92 Å². The minimum absolute atomic E-state index is 0.124. The zero-order chi connectivity index (χ0) is 19.4. The van der Waals surface area contributed by atoms with Crippen LogP contribution in [0.1, 0.15) is 42.7 Å². The first-order valence-electron chi connectivity index (χ1n) is 9.63. The first-order chi connectivity index (χ1) is 13.0. The average Bonchev–Trinajstić information content (AvgIpc) is 3.14. The molecule has 0 radical (unpaired) electrons. The van der Waals surface area contributed by atoms with Crippen molar-refractivity contribution in [1.29, 1.82) is 5.26 Å². The molecule has 1 amide bonds. The van der Waals surface area contributed by atoms with Gasteiger partial charge in [0.1, 0.15) is 6.04 Å². The molecule has 0 aromatic heterocycles. The van der Waals surface area contributed by atoms with Crippen molar-refractivity contribution in [2.45, 2.75) is 43.7 Å². The van der Waals surface area contributed by atoms with Gasteiger partial charge in [-0.1, -0.05) is 36.8 Å². The molecule has 1 saturated carbocycles. The Balaban J connectivity index is 1.73. The van der Waals surface area contributed by atoms with Crippen molar-refractivity contribution >= 4 is 5.91 Å². The summed E-state index contributed by atoms with van der Waals surface area (Å²) in [5.41, 5.74) is 1.94. The van der Waals surface area contributed by atoms with Crippen molar-refractivity contribution in [1.82, 2.24) is 9.80 Å². The summed E-state index contributed by atoms with van der Waals surface area (Å²) in [5, 5.41) is 19.4. The summed E-state index contributed by atoms with van der Waals surface area (Å²) in [6, 6.07) is 9.26. The number of carbonyl (C=O) groups excluding carboxylic acids is 1. The third kappa shape index (κ3) is 4.16. The number of nitrogens with zero attached hydrogens (tertiary/aromatic N) is 3. The molecule has 0 unspecified atom stereocenters. The predicted octanol–water partition coefficient (Wildman–Crippen LogP) is 1.97. The van der Waals surface area contributed by atoms with E-state index in [-0.39, 0.29) is 31.0 Å². The highest BCUT2D eigenvalue weighted by molar-refractivity contribution is 5.81. The number of carbonyl (C=O) groups is 1. The van der Waals surface area contributed by atoms with Crippen LogP contribution in [0, 0.1) is 29.1 Å². The second kappa shape index (κ2) is 8.57. The monoisotopic (exact) mass is 365 g/mol. The van der Waals surface area contributed by atoms with Gasteiger partial charge in [-0.25, -0.2) is 0 Å². The van der Waals surface area contributed by atoms with E-state index in [1.807, 2.05) is 38.4 Å². The number of rotatable bonds is 4. The Morgan fingerprint density at radius 3 is 2.48 bits per heavy atom. The molecule has 142 valence electrons. The normalized spacial score (nSPS) is 24.9. The van der Waals surface area contributed by atoms with Crippen molar-refractivity contribution < 1.29 is 9.90 Å². The van der Waals surface area contributed by atoms with Gasteiger partial charge < -0.3 is 14.9 Å². The summed E-state index contributed by atoms with van der Waals surface area (Å²) < 4.78 is 0. The fraction of sp³-hybridized carbons (Fsp3) is 0.545. The molecule has 27 heavy (non-hydrogen) atoms. The maximum Gasteiger partial charge on any atom is 0.238 e. The Labute approximate surface area is 161 Å². The fourth-order valence-corrected chi connectivity index (χ4v) is 4.15. The zero-order valence-electron chi connectivity index (χ0n) is 16.1. The van der Waals surface area contributed by atoms with E-state index in [1.165, 1.54) is 30.6 Å². The lowest BCUT2D eigenvalue weighted by Gasteiger charge is -2.51. The third-order valence-corrected chi connectivity index (χ3v) is 5.54. The average molecular weight is 365 g/mol. The van der Waals surface area contributed by atoms with E-state index in [1.54, 1.807) is 4.90 Å². The highest BCUT2D eigenvalue weighted by Crippen LogP contribution is 2.40. The van der Waals surface area contributed by atoms with Gasteiger partial charge in [0.15, 0.2) is 0 Å². The molecule has 2 fully saturated rings. The Bertz CT molecular complexity index is 763. The first kappa shape index (κ1) is 19.4. The van der Waals surface area contributed by atoms with Crippen LogP contribution in [0.25, 0.3) is 0 Å². The molecule has 3 atom stereocenters. The largest absolute Gasteiger partial charge is 0.394 e. The summed E-state index contributed by atoms with van der Waals surface area (Å²) >= 11 is 0. The summed E-state index contributed by atoms with van der Waals surface area (Å²) in [5.74, 6) is 6.84. The van der Waals surface area contributed by atoms with Gasteiger partial charge in [-0.3, -0.25) is 4.79 Å². The van der Waals surface area contributed by atoms with Gasteiger partial charge in [0.05, 0.1) is 25.3 Å². The number of benzene rings is 1. The lowest BCUT2D eigenvalue weighted by Crippen LogP contribution is -2.66. The highest BCUT2D eigenvalue weighted by Gasteiger charge is 2.51. The Morgan fingerprint density at radius 2 is 1.93 bits per heavy atom. The van der Waals surface area contributed by atoms with Crippen LogP contribution in [-0.2, 0) is 4.79 Å². The van der Waals surface area contributed by atoms with E-state index in [0.717, 1.165) is 11.1 Å². The molecule has 5 heteroatoms. The molecule has 1 N–H and O–H groups in total. The van der Waals surface area contributed by atoms with Gasteiger partial charge in [0.2, 0.25) is 5.91 Å². The van der Waals surface area contributed by atoms with E-state index in [4.69, 9.17) is 0 Å². The van der Waals surface area contributed by atoms with E-state index in [2.05, 4.69) is 17.9 Å². The molecular weight excluding hydrogens is 338 g/mol. The predicted molar refractivity (Wildman–Crippen MR) is 104 cm³/mol. The van der Waals surface area contributed by atoms with Crippen LogP contribution in [0.4, 0.5) is 0 Å². The summed E-state index contributed by atoms with van der Waals surface area (Å²) in [4.78, 5) is 15.7. The van der Waals surface area contributed by atoms with Crippen LogP contribution in [0.5, 0.6) is 0 Å². The standard InChI is InChI=1S/C22H27N3O2/c1-24(2)14-21(27)25-19(13-23)22(20(25)15-26)18-11-9-17(10-12-18)8-7-16-5-3-4-6-16/h9-12,16,19-20,22,26H,3-6,14-15H2,1-2H3/t19-,20+,22-/m0/s1. The fourth-order valence-electron chi connectivity index (χ4n) is 4.15. The number of likely N-dealkylation sites (tertiary alicyclic amines) is 1. The lowest BCUT2D eigenvalue weighted by atomic mass is 9.75. The maximum atomic E-state index is 12.4. The molecule has 1 saturated heterocycles. The van der Waals surface area contributed by atoms with Crippen molar-refractivity contribution in [3.05, 3.63) is 35.4 Å². The Kier molecular flexibility index (Phi) is 6.16. The maximum absolute atomic E-state index is 12.4. The minimum Gasteiger partial charge on any atom is -0.394 e. The van der Waals surface area contributed by atoms with Crippen LogP contribution < -0.4 is 0 Å². The molecule has 1 heterocycles. The van der Waals surface area contributed by atoms with Gasteiger partial charge in [0.25, 0.3) is 0 Å². The number of amides is 1. The van der Waals surface area contributed by atoms with Crippen LogP contribution in [0.2, 0.25) is 0 Å². The second-order valence-corrected chi connectivity index (χ2v) is 7.76. The molecule has 0 bridgehead atoms. The summed E-state index contributed by atoms with van der Waals surface area (Å²) in [6.07, 6.45) is 4.96. The van der Waals surface area contributed by atoms with Gasteiger partial charge in [0, 0.05) is 17.4 Å². The molecule has 1 aromatic carbocycles. The number of hydrogen-bond donors (Lipinski definition) is 1. The molecule has 1 aromatic rings. The van der Waals surface area contributed by atoms with Crippen LogP contribution in [-0.4, -0.2) is 60.1 Å². The number of aliphatic hydroxyl groups is 1. The Morgan fingerprint density at radius 1 is 1.26 bits per heavy atom. The number of hydrogen-bond acceptors (Lipinski definition) is 4. The number of likely N-dealkylation sites (N-methyl/N-ethyl adjacent to an activating group) is 1. The molecule has 0 spiro atoms. The molecule has 3 rings (SSSR count). The minimum atomic E-state index is -0.537. The first-order valence-corrected chi connectivity index (χ1v) is 9.63. The highest BCUT2D eigenvalue weighted by atomic mass is 16.3. The molecule has 1 aliphatic heterocycles. The van der Waals surface area contributed by atoms with Gasteiger partial charge >= 0.3 is 0 Å². The van der Waals surface area contributed by atoms with E-state index < -0.39 is 6.04 Å². The number of aliphatic hydroxyl groups excluding tert-OH is 1. The van der Waals surface area contributed by atoms with Crippen molar-refractivity contribution in [2.75, 3.05) is 27.2 Å². The molecule has 5 nitrogen and oxygen atoms in total. The summed E-state index contributed by atoms with van der Waals surface area (Å²) in [7, 11) is 3.63. The quantitative estimate of drug-likeness (QED) is 0.829. The van der Waals surface area contributed by atoms with E-state index in [9.17, 15) is 15.2 Å². The van der Waals surface area contributed by atoms with E-state index >= 15 is 0 Å². The van der Waals surface area contributed by atoms with Crippen LogP contribution in [0.3, 0.4) is 0 Å². The third-order valence-electron chi connectivity index (χ3n) is 5.54. The molecule has 1 aliphatic carbocycles. The number of nitriles is 1. The smallest absolute Gasteiger partial charge is 0.238 e. The second-order valence-electron chi connectivity index (χ2n) is 7.76. The molecule has 2 aliphatic rings.